The third-order valence-corrected chi connectivity index (χ3v) is 7.76. The topological polar surface area (TPSA) is 121 Å². The predicted octanol–water partition coefficient (Wildman–Crippen LogP) is 4.85. The molecule has 10 heteroatoms. The Morgan fingerprint density at radius 1 is 0.925 bits per heavy atom. The van der Waals surface area contributed by atoms with Gasteiger partial charge in [0.2, 0.25) is 0 Å². The summed E-state index contributed by atoms with van der Waals surface area (Å²) in [6.07, 6.45) is 0.387. The molecule has 1 unspecified atom stereocenters. The van der Waals surface area contributed by atoms with E-state index in [4.69, 9.17) is 9.47 Å². The molecular formula is C30H33N5O4S. The van der Waals surface area contributed by atoms with E-state index in [1.165, 1.54) is 6.33 Å². The summed E-state index contributed by atoms with van der Waals surface area (Å²) < 4.78 is 13.4. The molecule has 1 aromatic heterocycles. The van der Waals surface area contributed by atoms with Crippen LogP contribution in [0.2, 0.25) is 0 Å². The number of carbonyl (C=O) groups excluding carboxylic acids is 1. The summed E-state index contributed by atoms with van der Waals surface area (Å²) in [5.41, 5.74) is 4.84. The SMILES string of the molecule is CCNC(=O)NCc1ccc(C2O[C@H](CSc3ncn[nH]3)[C@@H](c3ccccc3)[C@H](c3ccc(CO)cc3)O2)cc1. The van der Waals surface area contributed by atoms with E-state index in [0.717, 1.165) is 33.0 Å². The maximum Gasteiger partial charge on any atom is 0.315 e. The third kappa shape index (κ3) is 6.89. The molecule has 2 heterocycles. The second-order valence-electron chi connectivity index (χ2n) is 9.46. The average molecular weight is 560 g/mol. The van der Waals surface area contributed by atoms with Crippen molar-refractivity contribution >= 4 is 17.8 Å². The number of amides is 2. The number of aliphatic hydroxyl groups is 1. The summed E-state index contributed by atoms with van der Waals surface area (Å²) in [6.45, 7) is 2.86. The number of nitrogens with zero attached hydrogens (tertiary/aromatic N) is 2. The zero-order valence-electron chi connectivity index (χ0n) is 22.2. The molecule has 4 aromatic rings. The number of carbonyl (C=O) groups is 1. The van der Waals surface area contributed by atoms with E-state index in [2.05, 4.69) is 37.9 Å². The van der Waals surface area contributed by atoms with Crippen molar-refractivity contribution in [2.45, 2.75) is 49.6 Å². The fraction of sp³-hybridized carbons (Fsp3) is 0.300. The van der Waals surface area contributed by atoms with E-state index in [0.29, 0.717) is 18.8 Å². The van der Waals surface area contributed by atoms with Gasteiger partial charge in [0.15, 0.2) is 11.4 Å². The molecule has 40 heavy (non-hydrogen) atoms. The van der Waals surface area contributed by atoms with E-state index in [1.807, 2.05) is 73.7 Å². The smallest absolute Gasteiger partial charge is 0.315 e. The van der Waals surface area contributed by atoms with Crippen LogP contribution in [-0.2, 0) is 22.6 Å². The van der Waals surface area contributed by atoms with E-state index in [1.54, 1.807) is 11.8 Å². The molecule has 1 saturated heterocycles. The standard InChI is InChI=1S/C30H33N5O4S/c1-2-31-29(37)32-16-20-8-14-24(15-9-20)28-38-25(18-40-30-33-19-34-35-30)26(22-6-4-3-5-7-22)27(39-28)23-12-10-21(17-36)11-13-23/h3-15,19,25-28,36H,2,16-18H2,1H3,(H2,31,32,37)(H,33,34,35)/t25-,26-,27+,28?/m1/s1. The van der Waals surface area contributed by atoms with Gasteiger partial charge in [-0.1, -0.05) is 90.6 Å². The summed E-state index contributed by atoms with van der Waals surface area (Å²) in [7, 11) is 0. The Morgan fingerprint density at radius 3 is 2.33 bits per heavy atom. The molecular weight excluding hydrogens is 526 g/mol. The maximum absolute atomic E-state index is 11.8. The Kier molecular flexibility index (Phi) is 9.46. The minimum Gasteiger partial charge on any atom is -0.392 e. The van der Waals surface area contributed by atoms with E-state index in [-0.39, 0.29) is 30.8 Å². The predicted molar refractivity (Wildman–Crippen MR) is 152 cm³/mol. The number of benzene rings is 3. The van der Waals surface area contributed by atoms with Gasteiger partial charge in [0.1, 0.15) is 6.33 Å². The number of hydrogen-bond donors (Lipinski definition) is 4. The number of nitrogens with one attached hydrogen (secondary N) is 3. The number of rotatable bonds is 10. The first-order chi connectivity index (χ1) is 19.6. The fourth-order valence-electron chi connectivity index (χ4n) is 4.77. The van der Waals surface area contributed by atoms with Gasteiger partial charge < -0.3 is 25.2 Å². The molecule has 1 fully saturated rings. The van der Waals surface area contributed by atoms with Gasteiger partial charge in [-0.15, -0.1) is 0 Å². The quantitative estimate of drug-likeness (QED) is 0.205. The van der Waals surface area contributed by atoms with Gasteiger partial charge in [0, 0.05) is 30.3 Å². The van der Waals surface area contributed by atoms with Crippen LogP contribution in [0, 0.1) is 0 Å². The first-order valence-electron chi connectivity index (χ1n) is 13.3. The number of ether oxygens (including phenoxy) is 2. The number of H-pyrrole nitrogens is 1. The van der Waals surface area contributed by atoms with Crippen LogP contribution in [0.5, 0.6) is 0 Å². The summed E-state index contributed by atoms with van der Waals surface area (Å²) in [5.74, 6) is 0.544. The molecule has 0 saturated carbocycles. The monoisotopic (exact) mass is 559 g/mol. The maximum atomic E-state index is 11.8. The zero-order chi connectivity index (χ0) is 27.7. The Bertz CT molecular complexity index is 1340. The Balaban J connectivity index is 1.44. The third-order valence-electron chi connectivity index (χ3n) is 6.79. The first kappa shape index (κ1) is 27.9. The summed E-state index contributed by atoms with van der Waals surface area (Å²) in [6, 6.07) is 25.9. The van der Waals surface area contributed by atoms with Gasteiger partial charge in [0.25, 0.3) is 0 Å². The van der Waals surface area contributed by atoms with Gasteiger partial charge in [0.05, 0.1) is 18.8 Å². The molecule has 4 N–H and O–H groups in total. The van der Waals surface area contributed by atoms with Crippen molar-refractivity contribution < 1.29 is 19.4 Å². The molecule has 5 rings (SSSR count). The van der Waals surface area contributed by atoms with Crippen molar-refractivity contribution in [3.05, 3.63) is 113 Å². The number of thioether (sulfide) groups is 1. The lowest BCUT2D eigenvalue weighted by Crippen LogP contribution is -2.38. The highest BCUT2D eigenvalue weighted by atomic mass is 32.2. The van der Waals surface area contributed by atoms with Gasteiger partial charge in [-0.3, -0.25) is 5.10 Å². The lowest BCUT2D eigenvalue weighted by Gasteiger charge is -2.43. The molecule has 1 aliphatic heterocycles. The number of aliphatic hydroxyl groups excluding tert-OH is 1. The van der Waals surface area contributed by atoms with Crippen LogP contribution < -0.4 is 10.6 Å². The molecule has 0 radical (unpaired) electrons. The highest BCUT2D eigenvalue weighted by molar-refractivity contribution is 7.99. The number of aromatic amines is 1. The molecule has 3 aromatic carbocycles. The Hall–Kier alpha value is -3.70. The number of hydrogen-bond acceptors (Lipinski definition) is 7. The van der Waals surface area contributed by atoms with E-state index < -0.39 is 6.29 Å². The van der Waals surface area contributed by atoms with Crippen LogP contribution in [0.3, 0.4) is 0 Å². The highest BCUT2D eigenvalue weighted by Crippen LogP contribution is 2.47. The Labute approximate surface area is 237 Å². The van der Waals surface area contributed by atoms with Crippen LogP contribution in [0.25, 0.3) is 0 Å². The van der Waals surface area contributed by atoms with Gasteiger partial charge in [-0.05, 0) is 29.2 Å². The molecule has 0 spiro atoms. The molecule has 0 bridgehead atoms. The minimum atomic E-state index is -0.604. The van der Waals surface area contributed by atoms with Crippen molar-refractivity contribution in [1.82, 2.24) is 25.8 Å². The van der Waals surface area contributed by atoms with E-state index >= 15 is 0 Å². The highest BCUT2D eigenvalue weighted by Gasteiger charge is 2.42. The van der Waals surface area contributed by atoms with Crippen LogP contribution in [0.15, 0.2) is 90.3 Å². The average Bonchev–Trinajstić information content (AvgIpc) is 3.53. The van der Waals surface area contributed by atoms with Crippen LogP contribution in [0.1, 0.15) is 53.1 Å². The molecule has 1 aliphatic rings. The van der Waals surface area contributed by atoms with Crippen LogP contribution in [0.4, 0.5) is 4.79 Å². The van der Waals surface area contributed by atoms with Gasteiger partial charge >= 0.3 is 6.03 Å². The molecule has 9 nitrogen and oxygen atoms in total. The van der Waals surface area contributed by atoms with Crippen molar-refractivity contribution in [2.75, 3.05) is 12.3 Å². The first-order valence-corrected chi connectivity index (χ1v) is 14.3. The molecule has 2 amide bonds. The summed E-state index contributed by atoms with van der Waals surface area (Å²) in [4.78, 5) is 16.1. The molecule has 0 aliphatic carbocycles. The molecule has 4 atom stereocenters. The largest absolute Gasteiger partial charge is 0.392 e. The lowest BCUT2D eigenvalue weighted by atomic mass is 9.84. The van der Waals surface area contributed by atoms with Crippen LogP contribution >= 0.6 is 11.8 Å². The zero-order valence-corrected chi connectivity index (χ0v) is 23.0. The normalized spacial score (nSPS) is 20.6. The van der Waals surface area contributed by atoms with Gasteiger partial charge in [-0.2, -0.15) is 5.10 Å². The molecule has 208 valence electrons. The van der Waals surface area contributed by atoms with Crippen molar-refractivity contribution in [3.8, 4) is 0 Å². The number of urea groups is 1. The fourth-order valence-corrected chi connectivity index (χ4v) is 5.62. The van der Waals surface area contributed by atoms with Crippen LogP contribution in [-0.4, -0.2) is 44.7 Å². The lowest BCUT2D eigenvalue weighted by molar-refractivity contribution is -0.255. The number of aromatic nitrogens is 3. The summed E-state index contributed by atoms with van der Waals surface area (Å²) >= 11 is 1.56. The van der Waals surface area contributed by atoms with Crippen molar-refractivity contribution in [3.63, 3.8) is 0 Å². The van der Waals surface area contributed by atoms with Gasteiger partial charge in [-0.25, -0.2) is 9.78 Å². The second kappa shape index (κ2) is 13.6. The summed E-state index contributed by atoms with van der Waals surface area (Å²) in [5, 5.41) is 22.8. The Morgan fingerprint density at radius 2 is 1.65 bits per heavy atom. The second-order valence-corrected chi connectivity index (χ2v) is 10.5. The van der Waals surface area contributed by atoms with Crippen molar-refractivity contribution in [1.29, 1.82) is 0 Å². The van der Waals surface area contributed by atoms with Crippen molar-refractivity contribution in [2.24, 2.45) is 0 Å². The minimum absolute atomic E-state index is 0.0165. The van der Waals surface area contributed by atoms with E-state index in [9.17, 15) is 9.90 Å².